The van der Waals surface area contributed by atoms with Crippen LogP contribution >= 0.6 is 0 Å². The Balaban J connectivity index is 1.85. The van der Waals surface area contributed by atoms with Crippen LogP contribution in [-0.4, -0.2) is 55.9 Å². The number of amides is 1. The van der Waals surface area contributed by atoms with E-state index in [1.165, 1.54) is 4.90 Å². The predicted octanol–water partition coefficient (Wildman–Crippen LogP) is 1.44. The summed E-state index contributed by atoms with van der Waals surface area (Å²) in [6.07, 6.45) is 0.499. The monoisotopic (exact) mass is 322 g/mol. The molecule has 1 saturated heterocycles. The summed E-state index contributed by atoms with van der Waals surface area (Å²) >= 11 is 0. The molecular weight excluding hydrogens is 304 g/mol. The molecule has 0 bridgehead atoms. The Morgan fingerprint density at radius 1 is 1.36 bits per heavy atom. The molecule has 3 rings (SSSR count). The van der Waals surface area contributed by atoms with Crippen molar-refractivity contribution in [2.24, 2.45) is 0 Å². The molecule has 6 nitrogen and oxygen atoms in total. The van der Waals surface area contributed by atoms with Crippen LogP contribution in [0.4, 0.5) is 0 Å². The number of nitrogens with one attached hydrogen (secondary N) is 1. The second kappa shape index (κ2) is 5.31. The number of carbonyl (C=O) groups is 1. The third-order valence-corrected chi connectivity index (χ3v) is 5.89. The molecule has 2 heterocycles. The number of H-pyrrole nitrogens is 1. The van der Waals surface area contributed by atoms with Gasteiger partial charge in [-0.3, -0.25) is 4.79 Å². The van der Waals surface area contributed by atoms with Gasteiger partial charge in [-0.15, -0.1) is 0 Å². The summed E-state index contributed by atoms with van der Waals surface area (Å²) in [6, 6.07) is 7.03. The fourth-order valence-corrected chi connectivity index (χ4v) is 4.56. The van der Waals surface area contributed by atoms with Gasteiger partial charge in [0.15, 0.2) is 9.84 Å². The van der Waals surface area contributed by atoms with Gasteiger partial charge < -0.3 is 14.6 Å². The first-order valence-corrected chi connectivity index (χ1v) is 8.86. The number of sulfone groups is 1. The summed E-state index contributed by atoms with van der Waals surface area (Å²) in [5.41, 5.74) is 1.30. The van der Waals surface area contributed by atoms with Crippen molar-refractivity contribution >= 4 is 26.6 Å². The Morgan fingerprint density at radius 2 is 2.14 bits per heavy atom. The van der Waals surface area contributed by atoms with Crippen molar-refractivity contribution in [3.05, 3.63) is 30.0 Å². The molecule has 1 aliphatic rings. The fraction of sp³-hybridized carbons (Fsp3) is 0.400. The van der Waals surface area contributed by atoms with E-state index >= 15 is 0 Å². The zero-order valence-electron chi connectivity index (χ0n) is 12.5. The van der Waals surface area contributed by atoms with Gasteiger partial charge >= 0.3 is 0 Å². The maximum atomic E-state index is 12.5. The molecule has 1 N–H and O–H groups in total. The number of hydrogen-bond acceptors (Lipinski definition) is 4. The Hall–Kier alpha value is -2.02. The molecule has 1 amide bonds. The van der Waals surface area contributed by atoms with Gasteiger partial charge in [0.1, 0.15) is 11.4 Å². The molecule has 2 aromatic rings. The fourth-order valence-electron chi connectivity index (χ4n) is 2.79. The van der Waals surface area contributed by atoms with Gasteiger partial charge in [0, 0.05) is 24.0 Å². The molecule has 1 aliphatic heterocycles. The van der Waals surface area contributed by atoms with E-state index in [2.05, 4.69) is 4.98 Å². The van der Waals surface area contributed by atoms with E-state index in [1.807, 2.05) is 18.2 Å². The van der Waals surface area contributed by atoms with Crippen LogP contribution in [0.1, 0.15) is 16.9 Å². The van der Waals surface area contributed by atoms with Crippen LogP contribution in [0, 0.1) is 0 Å². The second-order valence-corrected chi connectivity index (χ2v) is 7.84. The van der Waals surface area contributed by atoms with Crippen molar-refractivity contribution in [1.82, 2.24) is 9.88 Å². The maximum Gasteiger partial charge on any atom is 0.270 e. The van der Waals surface area contributed by atoms with E-state index in [-0.39, 0.29) is 23.5 Å². The molecule has 0 radical (unpaired) electrons. The Labute approximate surface area is 129 Å². The van der Waals surface area contributed by atoms with Gasteiger partial charge in [-0.25, -0.2) is 8.42 Å². The van der Waals surface area contributed by atoms with E-state index in [0.717, 1.165) is 16.7 Å². The summed E-state index contributed by atoms with van der Waals surface area (Å²) in [5.74, 6) is 0.723. The van der Waals surface area contributed by atoms with Crippen LogP contribution in [-0.2, 0) is 9.84 Å². The minimum absolute atomic E-state index is 0.0449. The molecular formula is C15H18N2O4S. The molecule has 1 unspecified atom stereocenters. The molecule has 1 aromatic heterocycles. The minimum atomic E-state index is -3.01. The third-order valence-electron chi connectivity index (χ3n) is 4.13. The van der Waals surface area contributed by atoms with Gasteiger partial charge in [-0.1, -0.05) is 0 Å². The van der Waals surface area contributed by atoms with E-state index in [4.69, 9.17) is 4.74 Å². The first kappa shape index (κ1) is 14.9. The van der Waals surface area contributed by atoms with Crippen molar-refractivity contribution in [3.63, 3.8) is 0 Å². The van der Waals surface area contributed by atoms with Gasteiger partial charge in [0.2, 0.25) is 0 Å². The van der Waals surface area contributed by atoms with Crippen LogP contribution in [0.15, 0.2) is 24.3 Å². The topological polar surface area (TPSA) is 79.5 Å². The number of benzene rings is 1. The second-order valence-electron chi connectivity index (χ2n) is 5.61. The van der Waals surface area contributed by atoms with Crippen molar-refractivity contribution in [1.29, 1.82) is 0 Å². The zero-order valence-corrected chi connectivity index (χ0v) is 13.3. The smallest absolute Gasteiger partial charge is 0.270 e. The van der Waals surface area contributed by atoms with Gasteiger partial charge in [0.25, 0.3) is 5.91 Å². The maximum absolute atomic E-state index is 12.5. The number of carbonyl (C=O) groups excluding carboxylic acids is 1. The summed E-state index contributed by atoms with van der Waals surface area (Å²) in [5, 5.41) is 0.884. The molecule has 0 spiro atoms. The van der Waals surface area contributed by atoms with Gasteiger partial charge in [0.05, 0.1) is 18.6 Å². The number of aromatic amines is 1. The summed E-state index contributed by atoms with van der Waals surface area (Å²) < 4.78 is 28.3. The highest BCUT2D eigenvalue weighted by molar-refractivity contribution is 7.91. The first-order chi connectivity index (χ1) is 10.4. The molecule has 1 fully saturated rings. The van der Waals surface area contributed by atoms with Crippen molar-refractivity contribution in [3.8, 4) is 5.75 Å². The molecule has 1 aromatic carbocycles. The summed E-state index contributed by atoms with van der Waals surface area (Å²) in [4.78, 5) is 17.1. The average Bonchev–Trinajstić information content (AvgIpc) is 3.07. The van der Waals surface area contributed by atoms with Crippen molar-refractivity contribution in [2.45, 2.75) is 12.5 Å². The van der Waals surface area contributed by atoms with Gasteiger partial charge in [-0.2, -0.15) is 0 Å². The number of methoxy groups -OCH3 is 1. The molecule has 1 atom stereocenters. The SMILES string of the molecule is COc1ccc2[nH]c(C(=O)N(C)C3CCS(=O)(=O)C3)cc2c1. The lowest BCUT2D eigenvalue weighted by Crippen LogP contribution is -2.37. The summed E-state index contributed by atoms with van der Waals surface area (Å²) in [6.45, 7) is 0. The quantitative estimate of drug-likeness (QED) is 0.927. The number of fused-ring (bicyclic) bond motifs is 1. The van der Waals surface area contributed by atoms with Crippen molar-refractivity contribution in [2.75, 3.05) is 25.7 Å². The van der Waals surface area contributed by atoms with E-state index in [1.54, 1.807) is 20.2 Å². The van der Waals surface area contributed by atoms with Crippen LogP contribution in [0.25, 0.3) is 10.9 Å². The molecule has 7 heteroatoms. The Morgan fingerprint density at radius 3 is 2.77 bits per heavy atom. The Bertz CT molecular complexity index is 825. The number of rotatable bonds is 3. The predicted molar refractivity (Wildman–Crippen MR) is 84.0 cm³/mol. The highest BCUT2D eigenvalue weighted by Gasteiger charge is 2.33. The normalized spacial score (nSPS) is 20.2. The van der Waals surface area contributed by atoms with E-state index in [0.29, 0.717) is 12.1 Å². The molecule has 0 saturated carbocycles. The lowest BCUT2D eigenvalue weighted by molar-refractivity contribution is 0.0743. The number of aromatic nitrogens is 1. The standard InChI is InChI=1S/C15H18N2O4S/c1-17(11-5-6-22(19,20)9-11)15(18)14-8-10-7-12(21-2)3-4-13(10)16-14/h3-4,7-8,11,16H,5-6,9H2,1-2H3. The number of nitrogens with zero attached hydrogens (tertiary/aromatic N) is 1. The highest BCUT2D eigenvalue weighted by Crippen LogP contribution is 2.23. The van der Waals surface area contributed by atoms with E-state index in [9.17, 15) is 13.2 Å². The minimum Gasteiger partial charge on any atom is -0.497 e. The first-order valence-electron chi connectivity index (χ1n) is 7.04. The zero-order chi connectivity index (χ0) is 15.9. The Kier molecular flexibility index (Phi) is 3.60. The van der Waals surface area contributed by atoms with Gasteiger partial charge in [-0.05, 0) is 30.7 Å². The van der Waals surface area contributed by atoms with E-state index < -0.39 is 9.84 Å². The lowest BCUT2D eigenvalue weighted by Gasteiger charge is -2.22. The average molecular weight is 322 g/mol. The number of ether oxygens (including phenoxy) is 1. The largest absolute Gasteiger partial charge is 0.497 e. The summed E-state index contributed by atoms with van der Waals surface area (Å²) in [7, 11) is 0.234. The highest BCUT2D eigenvalue weighted by atomic mass is 32.2. The molecule has 22 heavy (non-hydrogen) atoms. The van der Waals surface area contributed by atoms with Crippen LogP contribution in [0.3, 0.4) is 0 Å². The molecule has 118 valence electrons. The van der Waals surface area contributed by atoms with Crippen LogP contribution in [0.5, 0.6) is 5.75 Å². The van der Waals surface area contributed by atoms with Crippen molar-refractivity contribution < 1.29 is 17.9 Å². The number of hydrogen-bond donors (Lipinski definition) is 1. The van der Waals surface area contributed by atoms with Crippen LogP contribution in [0.2, 0.25) is 0 Å². The molecule has 0 aliphatic carbocycles. The lowest BCUT2D eigenvalue weighted by atomic mass is 10.2. The van der Waals surface area contributed by atoms with Crippen LogP contribution < -0.4 is 4.74 Å². The third kappa shape index (κ3) is 2.68.